The molecule has 0 saturated carbocycles. The molecule has 1 unspecified atom stereocenters. The Hall–Kier alpha value is -2.52. The summed E-state index contributed by atoms with van der Waals surface area (Å²) >= 11 is 1.66. The number of ether oxygens (including phenoxy) is 1. The summed E-state index contributed by atoms with van der Waals surface area (Å²) in [5.74, 6) is 1.54. The third-order valence-electron chi connectivity index (χ3n) is 4.94. The van der Waals surface area contributed by atoms with E-state index in [0.717, 1.165) is 66.9 Å². The van der Waals surface area contributed by atoms with Gasteiger partial charge in [-0.15, -0.1) is 11.3 Å². The van der Waals surface area contributed by atoms with E-state index in [1.165, 1.54) is 4.88 Å². The number of rotatable bonds is 4. The average Bonchev–Trinajstić information content (AvgIpc) is 3.38. The van der Waals surface area contributed by atoms with Gasteiger partial charge in [0.05, 0.1) is 17.4 Å². The fourth-order valence-electron chi connectivity index (χ4n) is 3.64. The molecule has 27 heavy (non-hydrogen) atoms. The van der Waals surface area contributed by atoms with Crippen molar-refractivity contribution in [1.82, 2.24) is 25.1 Å². The minimum Gasteiger partial charge on any atom is -0.376 e. The Bertz CT molecular complexity index is 947. The first-order valence-corrected chi connectivity index (χ1v) is 10.0. The summed E-state index contributed by atoms with van der Waals surface area (Å²) < 4.78 is 5.83. The van der Waals surface area contributed by atoms with Crippen molar-refractivity contribution < 1.29 is 4.74 Å². The zero-order valence-corrected chi connectivity index (χ0v) is 15.9. The Morgan fingerprint density at radius 3 is 3.22 bits per heavy atom. The molecule has 5 rings (SSSR count). The molecule has 9 heteroatoms. The number of fused-ring (bicyclic) bond motifs is 3. The molecule has 0 bridgehead atoms. The van der Waals surface area contributed by atoms with Crippen LogP contribution >= 0.6 is 11.3 Å². The summed E-state index contributed by atoms with van der Waals surface area (Å²) in [7, 11) is 0. The number of anilines is 3. The van der Waals surface area contributed by atoms with Crippen LogP contribution in [0.25, 0.3) is 11.3 Å². The van der Waals surface area contributed by atoms with Gasteiger partial charge >= 0.3 is 0 Å². The lowest BCUT2D eigenvalue weighted by molar-refractivity contribution is 0.115. The molecule has 3 aromatic rings. The van der Waals surface area contributed by atoms with Crippen LogP contribution in [0.5, 0.6) is 0 Å². The van der Waals surface area contributed by atoms with Gasteiger partial charge in [0.1, 0.15) is 0 Å². The second-order valence-electron chi connectivity index (χ2n) is 6.89. The Labute approximate surface area is 161 Å². The first-order chi connectivity index (χ1) is 13.3. The van der Waals surface area contributed by atoms with Crippen LogP contribution in [-0.2, 0) is 11.2 Å². The van der Waals surface area contributed by atoms with Gasteiger partial charge in [-0.1, -0.05) is 0 Å². The van der Waals surface area contributed by atoms with Gasteiger partial charge in [-0.25, -0.2) is 15.0 Å². The van der Waals surface area contributed by atoms with Crippen LogP contribution in [0.4, 0.5) is 16.9 Å². The molecule has 2 N–H and O–H groups in total. The lowest BCUT2D eigenvalue weighted by Gasteiger charge is -2.24. The van der Waals surface area contributed by atoms with E-state index in [1.807, 2.05) is 19.2 Å². The molecule has 3 aromatic heterocycles. The summed E-state index contributed by atoms with van der Waals surface area (Å²) in [6, 6.07) is 1.88. The molecule has 0 aromatic carbocycles. The van der Waals surface area contributed by atoms with Crippen LogP contribution < -0.4 is 10.2 Å². The van der Waals surface area contributed by atoms with E-state index >= 15 is 0 Å². The van der Waals surface area contributed by atoms with E-state index in [1.54, 1.807) is 17.5 Å². The normalized spacial score (nSPS) is 18.9. The average molecular weight is 383 g/mol. The maximum Gasteiger partial charge on any atom is 0.229 e. The van der Waals surface area contributed by atoms with Gasteiger partial charge in [-0.3, -0.25) is 5.10 Å². The molecule has 0 spiro atoms. The highest BCUT2D eigenvalue weighted by atomic mass is 32.1. The van der Waals surface area contributed by atoms with Crippen molar-refractivity contribution >= 4 is 28.2 Å². The maximum atomic E-state index is 5.83. The lowest BCUT2D eigenvalue weighted by Crippen LogP contribution is -2.33. The molecular weight excluding hydrogens is 362 g/mol. The first-order valence-electron chi connectivity index (χ1n) is 9.23. The number of aromatic amines is 1. The number of aryl methyl sites for hydroxylation is 1. The second kappa shape index (κ2) is 6.90. The predicted octanol–water partition coefficient (Wildman–Crippen LogP) is 2.92. The molecular formula is C18H21N7OS. The van der Waals surface area contributed by atoms with Gasteiger partial charge in [-0.05, 0) is 25.8 Å². The van der Waals surface area contributed by atoms with Crippen LogP contribution in [0, 0.1) is 6.92 Å². The minimum absolute atomic E-state index is 0.300. The lowest BCUT2D eigenvalue weighted by atomic mass is 10.2. The maximum absolute atomic E-state index is 5.83. The largest absolute Gasteiger partial charge is 0.376 e. The fraction of sp³-hybridized carbons (Fsp3) is 0.444. The van der Waals surface area contributed by atoms with Crippen molar-refractivity contribution in [2.45, 2.75) is 32.3 Å². The van der Waals surface area contributed by atoms with Crippen LogP contribution in [0.1, 0.15) is 23.4 Å². The molecule has 1 atom stereocenters. The summed E-state index contributed by atoms with van der Waals surface area (Å²) in [4.78, 5) is 17.1. The smallest absolute Gasteiger partial charge is 0.229 e. The van der Waals surface area contributed by atoms with E-state index in [9.17, 15) is 0 Å². The third kappa shape index (κ3) is 3.28. The SMILES string of the molecule is Cc1ccnc(Nc2nc3c(s2)CCN(CC2CCCO2)c2n[nH]cc2-3)n1. The second-order valence-corrected chi connectivity index (χ2v) is 7.97. The van der Waals surface area contributed by atoms with Gasteiger partial charge in [0.15, 0.2) is 10.9 Å². The molecule has 0 aliphatic carbocycles. The topological polar surface area (TPSA) is 91.9 Å². The molecule has 5 heterocycles. The van der Waals surface area contributed by atoms with Crippen molar-refractivity contribution in [3.63, 3.8) is 0 Å². The number of aromatic nitrogens is 5. The number of nitrogens with one attached hydrogen (secondary N) is 2. The molecule has 0 radical (unpaired) electrons. The Kier molecular flexibility index (Phi) is 4.25. The summed E-state index contributed by atoms with van der Waals surface area (Å²) in [5.41, 5.74) is 2.97. The van der Waals surface area contributed by atoms with Gasteiger partial charge in [0.25, 0.3) is 0 Å². The highest BCUT2D eigenvalue weighted by Crippen LogP contribution is 2.39. The minimum atomic E-state index is 0.300. The van der Waals surface area contributed by atoms with Crippen LogP contribution in [0.2, 0.25) is 0 Å². The van der Waals surface area contributed by atoms with E-state index in [2.05, 4.69) is 30.4 Å². The van der Waals surface area contributed by atoms with Crippen molar-refractivity contribution in [3.05, 3.63) is 29.0 Å². The standard InChI is InChI=1S/C18H21N7OS/c1-11-4-6-19-17(21-11)23-18-22-15-13-9-20-24-16(13)25(7-5-14(15)27-18)10-12-3-2-8-26-12/h4,6,9,12H,2-3,5,7-8,10H2,1H3,(H,20,24)(H,19,21,22,23). The predicted molar refractivity (Wildman–Crippen MR) is 105 cm³/mol. The number of hydrogen-bond acceptors (Lipinski definition) is 8. The third-order valence-corrected chi connectivity index (χ3v) is 5.97. The van der Waals surface area contributed by atoms with Gasteiger partial charge in [0.2, 0.25) is 5.95 Å². The monoisotopic (exact) mass is 383 g/mol. The quantitative estimate of drug-likeness (QED) is 0.716. The molecule has 140 valence electrons. The molecule has 2 aliphatic rings. The van der Waals surface area contributed by atoms with Gasteiger partial charge < -0.3 is 15.0 Å². The van der Waals surface area contributed by atoms with E-state index in [-0.39, 0.29) is 0 Å². The van der Waals surface area contributed by atoms with Crippen LogP contribution in [0.3, 0.4) is 0 Å². The van der Waals surface area contributed by atoms with E-state index < -0.39 is 0 Å². The highest BCUT2D eigenvalue weighted by molar-refractivity contribution is 7.16. The zero-order valence-electron chi connectivity index (χ0n) is 15.1. The van der Waals surface area contributed by atoms with Crippen LogP contribution in [-0.4, -0.2) is 50.9 Å². The van der Waals surface area contributed by atoms with Crippen molar-refractivity contribution in [2.24, 2.45) is 0 Å². The van der Waals surface area contributed by atoms with Gasteiger partial charge in [-0.2, -0.15) is 5.10 Å². The summed E-state index contributed by atoms with van der Waals surface area (Å²) in [6.07, 6.45) is 7.20. The first kappa shape index (κ1) is 16.6. The number of hydrogen-bond donors (Lipinski definition) is 2. The molecule has 0 amide bonds. The molecule has 8 nitrogen and oxygen atoms in total. The Balaban J connectivity index is 1.42. The summed E-state index contributed by atoms with van der Waals surface area (Å²) in [6.45, 7) is 4.61. The van der Waals surface area contributed by atoms with Gasteiger partial charge in [0, 0.05) is 49.1 Å². The van der Waals surface area contributed by atoms with E-state index in [0.29, 0.717) is 12.1 Å². The number of nitrogens with zero attached hydrogens (tertiary/aromatic N) is 5. The van der Waals surface area contributed by atoms with E-state index in [4.69, 9.17) is 9.72 Å². The molecule has 2 aliphatic heterocycles. The van der Waals surface area contributed by atoms with Crippen molar-refractivity contribution in [2.75, 3.05) is 29.9 Å². The van der Waals surface area contributed by atoms with Crippen molar-refractivity contribution in [1.29, 1.82) is 0 Å². The zero-order chi connectivity index (χ0) is 18.2. The van der Waals surface area contributed by atoms with Crippen LogP contribution in [0.15, 0.2) is 18.5 Å². The Morgan fingerprint density at radius 1 is 1.41 bits per heavy atom. The number of H-pyrrole nitrogens is 1. The summed E-state index contributed by atoms with van der Waals surface area (Å²) in [5, 5.41) is 11.6. The number of thiazole rings is 1. The highest BCUT2D eigenvalue weighted by Gasteiger charge is 2.28. The van der Waals surface area contributed by atoms with Crippen molar-refractivity contribution in [3.8, 4) is 11.3 Å². The molecule has 1 fully saturated rings. The fourth-order valence-corrected chi connectivity index (χ4v) is 4.60. The molecule has 1 saturated heterocycles. The Morgan fingerprint density at radius 2 is 2.37 bits per heavy atom.